The molecule has 0 spiro atoms. The molecule has 1 aromatic rings. The van der Waals surface area contributed by atoms with E-state index in [9.17, 15) is 19.5 Å². The van der Waals surface area contributed by atoms with E-state index in [1.807, 2.05) is 0 Å². The zero-order chi connectivity index (χ0) is 20.1. The van der Waals surface area contributed by atoms with Crippen LogP contribution in [0.5, 0.6) is 11.5 Å². The van der Waals surface area contributed by atoms with Crippen LogP contribution >= 0.6 is 0 Å². The summed E-state index contributed by atoms with van der Waals surface area (Å²) in [7, 11) is 6.14. The van der Waals surface area contributed by atoms with Crippen molar-refractivity contribution in [2.45, 2.75) is 5.92 Å². The summed E-state index contributed by atoms with van der Waals surface area (Å²) in [5.74, 6) is -1.58. The van der Waals surface area contributed by atoms with E-state index in [1.54, 1.807) is 32.3 Å². The van der Waals surface area contributed by atoms with Gasteiger partial charge in [0.2, 0.25) is 5.91 Å². The van der Waals surface area contributed by atoms with Crippen molar-refractivity contribution in [3.63, 3.8) is 0 Å². The van der Waals surface area contributed by atoms with Crippen molar-refractivity contribution < 1.29 is 29.0 Å². The molecule has 1 aromatic carbocycles. The predicted octanol–water partition coefficient (Wildman–Crippen LogP) is 0.602. The molecule has 0 aromatic heterocycles. The lowest BCUT2D eigenvalue weighted by Crippen LogP contribution is -2.42. The van der Waals surface area contributed by atoms with E-state index >= 15 is 0 Å². The third kappa shape index (κ3) is 4.42. The summed E-state index contributed by atoms with van der Waals surface area (Å²) in [6, 6.07) is 4.89. The number of likely N-dealkylation sites (tertiary alicyclic amines) is 1. The minimum absolute atomic E-state index is 0.0665. The minimum atomic E-state index is -0.988. The first kappa shape index (κ1) is 20.3. The Kier molecular flexibility index (Phi) is 6.49. The minimum Gasteiger partial charge on any atom is -0.493 e. The maximum Gasteiger partial charge on any atom is 0.317 e. The van der Waals surface area contributed by atoms with Crippen molar-refractivity contribution in [1.82, 2.24) is 15.1 Å². The normalized spacial score (nSPS) is 18.7. The van der Waals surface area contributed by atoms with E-state index in [4.69, 9.17) is 9.47 Å². The molecule has 9 heteroatoms. The number of para-hydroxylation sites is 1. The topological polar surface area (TPSA) is 108 Å². The highest BCUT2D eigenvalue weighted by atomic mass is 16.5. The number of aliphatic carboxylic acids is 1. The third-order valence-electron chi connectivity index (χ3n) is 4.62. The maximum absolute atomic E-state index is 12.4. The van der Waals surface area contributed by atoms with E-state index < -0.39 is 17.8 Å². The Balaban J connectivity index is 2.22. The molecule has 0 aliphatic carbocycles. The molecule has 27 heavy (non-hydrogen) atoms. The van der Waals surface area contributed by atoms with Crippen molar-refractivity contribution >= 4 is 17.9 Å². The monoisotopic (exact) mass is 379 g/mol. The number of urea groups is 1. The molecule has 1 heterocycles. The van der Waals surface area contributed by atoms with Crippen LogP contribution in [0.4, 0.5) is 4.79 Å². The highest BCUT2D eigenvalue weighted by molar-refractivity contribution is 5.85. The van der Waals surface area contributed by atoms with E-state index in [0.717, 1.165) is 0 Å². The maximum atomic E-state index is 12.4. The molecule has 148 valence electrons. The molecule has 1 aliphatic heterocycles. The SMILES string of the molecule is COc1cccc([C@H]2CN(C(=O)CNC(=O)N(C)C)C[C@@H]2C(=O)O)c1OC. The molecule has 9 nitrogen and oxygen atoms in total. The van der Waals surface area contributed by atoms with Gasteiger partial charge in [-0.25, -0.2) is 4.79 Å². The summed E-state index contributed by atoms with van der Waals surface area (Å²) >= 11 is 0. The standard InChI is InChI=1S/C18H25N3O6/c1-20(2)18(25)19-8-15(22)21-9-12(13(10-21)17(23)24)11-6-5-7-14(26-3)16(11)27-4/h5-7,12-13H,8-10H2,1-4H3,(H,19,25)(H,23,24)/t12-,13+/m1/s1. The van der Waals surface area contributed by atoms with E-state index in [0.29, 0.717) is 17.1 Å². The Labute approximate surface area is 157 Å². The summed E-state index contributed by atoms with van der Waals surface area (Å²) in [6.07, 6.45) is 0. The summed E-state index contributed by atoms with van der Waals surface area (Å²) in [4.78, 5) is 38.6. The second kappa shape index (κ2) is 8.61. The lowest BCUT2D eigenvalue weighted by molar-refractivity contribution is -0.141. The van der Waals surface area contributed by atoms with Gasteiger partial charge in [0.25, 0.3) is 0 Å². The quantitative estimate of drug-likeness (QED) is 0.749. The summed E-state index contributed by atoms with van der Waals surface area (Å²) in [6.45, 7) is 0.0967. The van der Waals surface area contributed by atoms with Gasteiger partial charge in [-0.2, -0.15) is 0 Å². The van der Waals surface area contributed by atoms with Crippen LogP contribution in [0.15, 0.2) is 18.2 Å². The van der Waals surface area contributed by atoms with Gasteiger partial charge in [-0.15, -0.1) is 0 Å². The number of hydrogen-bond donors (Lipinski definition) is 2. The Morgan fingerprint density at radius 3 is 2.48 bits per heavy atom. The lowest BCUT2D eigenvalue weighted by Gasteiger charge is -2.20. The molecule has 1 saturated heterocycles. The number of amides is 3. The summed E-state index contributed by atoms with van der Waals surface area (Å²) in [5.41, 5.74) is 0.678. The molecule has 1 fully saturated rings. The predicted molar refractivity (Wildman–Crippen MR) is 97.1 cm³/mol. The lowest BCUT2D eigenvalue weighted by atomic mass is 9.88. The molecule has 0 unspecified atom stereocenters. The Hall–Kier alpha value is -2.97. The van der Waals surface area contributed by atoms with Crippen molar-refractivity contribution in [3.8, 4) is 11.5 Å². The van der Waals surface area contributed by atoms with Gasteiger partial charge in [-0.1, -0.05) is 12.1 Å². The smallest absolute Gasteiger partial charge is 0.317 e. The molecule has 0 bridgehead atoms. The van der Waals surface area contributed by atoms with E-state index in [-0.39, 0.29) is 31.6 Å². The first-order chi connectivity index (χ1) is 12.8. The first-order valence-corrected chi connectivity index (χ1v) is 8.46. The van der Waals surface area contributed by atoms with Gasteiger partial charge in [0, 0.05) is 38.7 Å². The number of methoxy groups -OCH3 is 2. The number of carboxylic acid groups (broad SMARTS) is 1. The van der Waals surface area contributed by atoms with Crippen LogP contribution in [0.2, 0.25) is 0 Å². The van der Waals surface area contributed by atoms with Crippen molar-refractivity contribution in [1.29, 1.82) is 0 Å². The van der Waals surface area contributed by atoms with Crippen LogP contribution in [0.3, 0.4) is 0 Å². The van der Waals surface area contributed by atoms with Gasteiger partial charge in [0.05, 0.1) is 26.7 Å². The largest absolute Gasteiger partial charge is 0.493 e. The average Bonchev–Trinajstić information content (AvgIpc) is 3.10. The summed E-state index contributed by atoms with van der Waals surface area (Å²) in [5, 5.41) is 12.1. The number of nitrogens with one attached hydrogen (secondary N) is 1. The molecule has 3 amide bonds. The number of carbonyl (C=O) groups excluding carboxylic acids is 2. The van der Waals surface area contributed by atoms with Gasteiger partial charge in [0.15, 0.2) is 11.5 Å². The molecule has 2 atom stereocenters. The van der Waals surface area contributed by atoms with Crippen molar-refractivity contribution in [2.75, 3.05) is 47.9 Å². The molecule has 2 N–H and O–H groups in total. The first-order valence-electron chi connectivity index (χ1n) is 8.46. The fourth-order valence-corrected chi connectivity index (χ4v) is 3.20. The average molecular weight is 379 g/mol. The van der Waals surface area contributed by atoms with Crippen molar-refractivity contribution in [3.05, 3.63) is 23.8 Å². The number of ether oxygens (including phenoxy) is 2. The molecule has 2 rings (SSSR count). The van der Waals surface area contributed by atoms with Crippen LogP contribution in [0, 0.1) is 5.92 Å². The van der Waals surface area contributed by atoms with Crippen LogP contribution < -0.4 is 14.8 Å². The summed E-state index contributed by atoms with van der Waals surface area (Å²) < 4.78 is 10.7. The van der Waals surface area contributed by atoms with E-state index in [2.05, 4.69) is 5.32 Å². The Bertz CT molecular complexity index is 721. The van der Waals surface area contributed by atoms with Gasteiger partial charge in [-0.3, -0.25) is 9.59 Å². The second-order valence-electron chi connectivity index (χ2n) is 6.49. The van der Waals surface area contributed by atoms with Crippen LogP contribution in [-0.2, 0) is 9.59 Å². The van der Waals surface area contributed by atoms with E-state index in [1.165, 1.54) is 24.0 Å². The number of carbonyl (C=O) groups is 3. The second-order valence-corrected chi connectivity index (χ2v) is 6.49. The van der Waals surface area contributed by atoms with Crippen molar-refractivity contribution in [2.24, 2.45) is 5.92 Å². The molecular formula is C18H25N3O6. The molecular weight excluding hydrogens is 354 g/mol. The van der Waals surface area contributed by atoms with Gasteiger partial charge in [0.1, 0.15) is 0 Å². The zero-order valence-corrected chi connectivity index (χ0v) is 15.9. The highest BCUT2D eigenvalue weighted by Gasteiger charge is 2.42. The van der Waals surface area contributed by atoms with Crippen LogP contribution in [0.1, 0.15) is 11.5 Å². The number of nitrogens with zero attached hydrogens (tertiary/aromatic N) is 2. The highest BCUT2D eigenvalue weighted by Crippen LogP contribution is 2.41. The fourth-order valence-electron chi connectivity index (χ4n) is 3.20. The van der Waals surface area contributed by atoms with Crippen LogP contribution in [-0.4, -0.2) is 80.8 Å². The molecule has 1 aliphatic rings. The third-order valence-corrected chi connectivity index (χ3v) is 4.62. The Morgan fingerprint density at radius 1 is 1.22 bits per heavy atom. The molecule has 0 radical (unpaired) electrons. The van der Waals surface area contributed by atoms with Gasteiger partial charge in [-0.05, 0) is 6.07 Å². The number of carboxylic acids is 1. The zero-order valence-electron chi connectivity index (χ0n) is 15.9. The number of benzene rings is 1. The number of hydrogen-bond acceptors (Lipinski definition) is 5. The number of rotatable bonds is 6. The van der Waals surface area contributed by atoms with Gasteiger partial charge < -0.3 is 29.7 Å². The van der Waals surface area contributed by atoms with Gasteiger partial charge >= 0.3 is 12.0 Å². The fraction of sp³-hybridized carbons (Fsp3) is 0.500. The Morgan fingerprint density at radius 2 is 1.93 bits per heavy atom. The van der Waals surface area contributed by atoms with Crippen LogP contribution in [0.25, 0.3) is 0 Å². The molecule has 0 saturated carbocycles.